The first-order valence-corrected chi connectivity index (χ1v) is 9.80. The monoisotopic (exact) mass is 390 g/mol. The number of ether oxygens (including phenoxy) is 2. The van der Waals surface area contributed by atoms with Crippen LogP contribution in [0.2, 0.25) is 0 Å². The minimum absolute atomic E-state index is 0.100. The fourth-order valence-corrected chi connectivity index (χ4v) is 3.17. The lowest BCUT2D eigenvalue weighted by Crippen LogP contribution is -2.47. The number of aryl methyl sites for hydroxylation is 1. The van der Waals surface area contributed by atoms with Crippen LogP contribution in [0.3, 0.4) is 0 Å². The van der Waals surface area contributed by atoms with Gasteiger partial charge in [0.2, 0.25) is 0 Å². The number of carbonyl (C=O) groups excluding carboxylic acids is 3. The standard InChI is InChI=1S/C21H30N2O5/c1-13(2)17-10-9-14(3)11-18(17)27-12-19(24)28-15(4)20(25)23-21(26)22-16-7-5-6-8-16/h9-11,13,15-16H,5-8,12H2,1-4H3,(H2,22,23,25,26). The molecular weight excluding hydrogens is 360 g/mol. The van der Waals surface area contributed by atoms with Gasteiger partial charge in [0.05, 0.1) is 0 Å². The van der Waals surface area contributed by atoms with E-state index < -0.39 is 24.0 Å². The van der Waals surface area contributed by atoms with Crippen molar-refractivity contribution in [2.45, 2.75) is 71.4 Å². The molecule has 1 aliphatic rings. The number of hydrogen-bond donors (Lipinski definition) is 2. The Kier molecular flexibility index (Phi) is 7.84. The SMILES string of the molecule is Cc1ccc(C(C)C)c(OCC(=O)OC(C)C(=O)NC(=O)NC2CCCC2)c1. The molecule has 7 nitrogen and oxygen atoms in total. The highest BCUT2D eigenvalue weighted by Gasteiger charge is 2.23. The second-order valence-electron chi connectivity index (χ2n) is 7.56. The highest BCUT2D eigenvalue weighted by molar-refractivity contribution is 5.97. The smallest absolute Gasteiger partial charge is 0.344 e. The number of esters is 1. The van der Waals surface area contributed by atoms with Gasteiger partial charge in [0.25, 0.3) is 5.91 Å². The van der Waals surface area contributed by atoms with Crippen molar-refractivity contribution < 1.29 is 23.9 Å². The van der Waals surface area contributed by atoms with Crippen molar-refractivity contribution in [2.75, 3.05) is 6.61 Å². The Bertz CT molecular complexity index is 711. The maximum atomic E-state index is 12.0. The van der Waals surface area contributed by atoms with Gasteiger partial charge in [0, 0.05) is 6.04 Å². The van der Waals surface area contributed by atoms with Crippen LogP contribution in [0.4, 0.5) is 4.79 Å². The lowest BCUT2D eigenvalue weighted by Gasteiger charge is -2.17. The Balaban J connectivity index is 1.79. The summed E-state index contributed by atoms with van der Waals surface area (Å²) in [7, 11) is 0. The molecule has 28 heavy (non-hydrogen) atoms. The second-order valence-corrected chi connectivity index (χ2v) is 7.56. The quantitative estimate of drug-likeness (QED) is 0.698. The molecule has 2 N–H and O–H groups in total. The van der Waals surface area contributed by atoms with E-state index in [1.54, 1.807) is 0 Å². The summed E-state index contributed by atoms with van der Waals surface area (Å²) in [5.74, 6) is -0.466. The molecule has 0 bridgehead atoms. The molecule has 7 heteroatoms. The van der Waals surface area contributed by atoms with Crippen molar-refractivity contribution in [1.82, 2.24) is 10.6 Å². The summed E-state index contributed by atoms with van der Waals surface area (Å²) in [6.45, 7) is 7.13. The van der Waals surface area contributed by atoms with Gasteiger partial charge in [0.1, 0.15) is 5.75 Å². The van der Waals surface area contributed by atoms with Gasteiger partial charge >= 0.3 is 12.0 Å². The molecule has 1 aliphatic carbocycles. The summed E-state index contributed by atoms with van der Waals surface area (Å²) in [5.41, 5.74) is 2.02. The Morgan fingerprint density at radius 2 is 1.82 bits per heavy atom. The summed E-state index contributed by atoms with van der Waals surface area (Å²) in [6.07, 6.45) is 2.90. The van der Waals surface area contributed by atoms with Gasteiger partial charge < -0.3 is 14.8 Å². The van der Waals surface area contributed by atoms with Crippen molar-refractivity contribution in [3.05, 3.63) is 29.3 Å². The lowest BCUT2D eigenvalue weighted by molar-refractivity contribution is -0.156. The molecule has 0 saturated heterocycles. The first-order valence-electron chi connectivity index (χ1n) is 9.80. The number of amides is 3. The Morgan fingerprint density at radius 1 is 1.14 bits per heavy atom. The molecule has 2 rings (SSSR count). The third-order valence-electron chi connectivity index (χ3n) is 4.74. The first-order chi connectivity index (χ1) is 13.3. The second kappa shape index (κ2) is 10.1. The van der Waals surface area contributed by atoms with Crippen LogP contribution in [0.25, 0.3) is 0 Å². The van der Waals surface area contributed by atoms with Gasteiger partial charge in [0.15, 0.2) is 12.7 Å². The fraction of sp³-hybridized carbons (Fsp3) is 0.571. The van der Waals surface area contributed by atoms with E-state index in [1.165, 1.54) is 6.92 Å². The van der Waals surface area contributed by atoms with E-state index in [1.807, 2.05) is 39.0 Å². The number of hydrogen-bond acceptors (Lipinski definition) is 5. The van der Waals surface area contributed by atoms with E-state index in [0.29, 0.717) is 5.75 Å². The summed E-state index contributed by atoms with van der Waals surface area (Å²) in [6, 6.07) is 5.37. The van der Waals surface area contributed by atoms with Crippen LogP contribution in [0.1, 0.15) is 63.5 Å². The number of nitrogens with one attached hydrogen (secondary N) is 2. The van der Waals surface area contributed by atoms with Crippen molar-refractivity contribution in [1.29, 1.82) is 0 Å². The number of imide groups is 1. The predicted molar refractivity (Wildman–Crippen MR) is 105 cm³/mol. The fourth-order valence-electron chi connectivity index (χ4n) is 3.17. The molecule has 1 aromatic rings. The van der Waals surface area contributed by atoms with E-state index in [0.717, 1.165) is 36.8 Å². The Labute approximate surface area is 166 Å². The van der Waals surface area contributed by atoms with Crippen LogP contribution < -0.4 is 15.4 Å². The van der Waals surface area contributed by atoms with Gasteiger partial charge in [-0.25, -0.2) is 9.59 Å². The van der Waals surface area contributed by atoms with E-state index in [4.69, 9.17) is 9.47 Å². The van der Waals surface area contributed by atoms with Crippen LogP contribution in [0.15, 0.2) is 18.2 Å². The Morgan fingerprint density at radius 3 is 2.46 bits per heavy atom. The van der Waals surface area contributed by atoms with Gasteiger partial charge in [-0.3, -0.25) is 10.1 Å². The Hall–Kier alpha value is -2.57. The zero-order chi connectivity index (χ0) is 20.7. The van der Waals surface area contributed by atoms with Crippen LogP contribution in [0.5, 0.6) is 5.75 Å². The number of carbonyl (C=O) groups is 3. The molecule has 1 aromatic carbocycles. The molecule has 1 atom stereocenters. The molecule has 1 saturated carbocycles. The van der Waals surface area contributed by atoms with Crippen LogP contribution in [-0.2, 0) is 14.3 Å². The zero-order valence-electron chi connectivity index (χ0n) is 17.0. The minimum Gasteiger partial charge on any atom is -0.482 e. The average Bonchev–Trinajstić information content (AvgIpc) is 3.12. The molecule has 0 aliphatic heterocycles. The molecule has 1 fully saturated rings. The van der Waals surface area contributed by atoms with Crippen LogP contribution in [-0.4, -0.2) is 36.7 Å². The molecule has 154 valence electrons. The molecule has 0 aromatic heterocycles. The molecule has 3 amide bonds. The summed E-state index contributed by atoms with van der Waals surface area (Å²) >= 11 is 0. The number of urea groups is 1. The third kappa shape index (κ3) is 6.55. The normalized spacial score (nSPS) is 15.2. The van der Waals surface area contributed by atoms with Crippen LogP contribution in [0, 0.1) is 6.92 Å². The van der Waals surface area contributed by atoms with E-state index >= 15 is 0 Å². The molecule has 0 radical (unpaired) electrons. The van der Waals surface area contributed by atoms with Gasteiger partial charge in [-0.1, -0.05) is 38.8 Å². The number of rotatable bonds is 7. The lowest BCUT2D eigenvalue weighted by atomic mass is 10.0. The summed E-state index contributed by atoms with van der Waals surface area (Å²) in [4.78, 5) is 35.9. The maximum absolute atomic E-state index is 12.0. The van der Waals surface area contributed by atoms with Gasteiger partial charge in [-0.05, 0) is 49.8 Å². The van der Waals surface area contributed by atoms with Gasteiger partial charge in [-0.2, -0.15) is 0 Å². The van der Waals surface area contributed by atoms with E-state index in [-0.39, 0.29) is 18.6 Å². The molecule has 0 spiro atoms. The predicted octanol–water partition coefficient (Wildman–Crippen LogP) is 3.20. The first kappa shape index (κ1) is 21.7. The third-order valence-corrected chi connectivity index (χ3v) is 4.74. The molecular formula is C21H30N2O5. The largest absolute Gasteiger partial charge is 0.482 e. The minimum atomic E-state index is -1.09. The highest BCUT2D eigenvalue weighted by Crippen LogP contribution is 2.27. The van der Waals surface area contributed by atoms with Gasteiger partial charge in [-0.15, -0.1) is 0 Å². The maximum Gasteiger partial charge on any atom is 0.344 e. The molecule has 0 heterocycles. The average molecular weight is 390 g/mol. The van der Waals surface area contributed by atoms with Crippen molar-refractivity contribution in [2.24, 2.45) is 0 Å². The van der Waals surface area contributed by atoms with Crippen molar-refractivity contribution >= 4 is 17.9 Å². The van der Waals surface area contributed by atoms with Crippen molar-refractivity contribution in [3.8, 4) is 5.75 Å². The zero-order valence-corrected chi connectivity index (χ0v) is 17.0. The molecule has 1 unspecified atom stereocenters. The summed E-state index contributed by atoms with van der Waals surface area (Å²) in [5, 5.41) is 4.96. The number of benzene rings is 1. The van der Waals surface area contributed by atoms with Crippen LogP contribution >= 0.6 is 0 Å². The highest BCUT2D eigenvalue weighted by atomic mass is 16.6. The summed E-state index contributed by atoms with van der Waals surface area (Å²) < 4.78 is 10.7. The van der Waals surface area contributed by atoms with E-state index in [2.05, 4.69) is 10.6 Å². The topological polar surface area (TPSA) is 93.7 Å². The van der Waals surface area contributed by atoms with Crippen molar-refractivity contribution in [3.63, 3.8) is 0 Å². The van der Waals surface area contributed by atoms with E-state index in [9.17, 15) is 14.4 Å².